The zero-order valence-electron chi connectivity index (χ0n) is 10.6. The minimum absolute atomic E-state index is 0.730. The van der Waals surface area contributed by atoms with Gasteiger partial charge in [0.25, 0.3) is 0 Å². The van der Waals surface area contributed by atoms with E-state index in [0.717, 1.165) is 19.0 Å². The number of carbonyl (C=O) groups is 2. The number of benzene rings is 1. The lowest BCUT2D eigenvalue weighted by Gasteiger charge is -2.06. The Balaban J connectivity index is 0.000000411. The fourth-order valence-corrected chi connectivity index (χ4v) is 1.10. The maximum absolute atomic E-state index is 9.10. The number of carboxylic acids is 2. The Morgan fingerprint density at radius 3 is 2.00 bits per heavy atom. The normalized spacial score (nSPS) is 9.50. The van der Waals surface area contributed by atoms with Crippen molar-refractivity contribution in [1.82, 2.24) is 5.32 Å². The van der Waals surface area contributed by atoms with Gasteiger partial charge in [0.15, 0.2) is 0 Å². The molecule has 0 atom stereocenters. The van der Waals surface area contributed by atoms with E-state index >= 15 is 0 Å². The second-order valence-electron chi connectivity index (χ2n) is 4.12. The monoisotopic (exact) mass is 253 g/mol. The summed E-state index contributed by atoms with van der Waals surface area (Å²) in [6.45, 7) is 6.52. The molecular formula is C13H19NO4. The molecule has 0 heterocycles. The highest BCUT2D eigenvalue weighted by atomic mass is 16.4. The van der Waals surface area contributed by atoms with E-state index in [9.17, 15) is 0 Å². The molecule has 0 aliphatic carbocycles. The number of aliphatic carboxylic acids is 2. The molecule has 0 radical (unpaired) electrons. The third-order valence-corrected chi connectivity index (χ3v) is 1.91. The number of nitrogens with one attached hydrogen (secondary N) is 1. The molecule has 0 spiro atoms. The fraction of sp³-hybridized carbons (Fsp3) is 0.385. The second kappa shape index (κ2) is 9.18. The van der Waals surface area contributed by atoms with Gasteiger partial charge in [0, 0.05) is 6.54 Å². The van der Waals surface area contributed by atoms with Crippen molar-refractivity contribution in [2.75, 3.05) is 6.54 Å². The Labute approximate surface area is 106 Å². The van der Waals surface area contributed by atoms with Gasteiger partial charge in [0.2, 0.25) is 0 Å². The molecule has 1 aromatic carbocycles. The SMILES string of the molecule is CC(C)CNCc1ccccc1.O=C(O)C(=O)O. The van der Waals surface area contributed by atoms with Crippen molar-refractivity contribution in [3.8, 4) is 0 Å². The van der Waals surface area contributed by atoms with E-state index < -0.39 is 11.9 Å². The molecule has 1 rings (SSSR count). The van der Waals surface area contributed by atoms with Crippen molar-refractivity contribution in [2.45, 2.75) is 20.4 Å². The first-order chi connectivity index (χ1) is 8.43. The van der Waals surface area contributed by atoms with Gasteiger partial charge in [-0.3, -0.25) is 0 Å². The molecule has 0 aliphatic rings. The summed E-state index contributed by atoms with van der Waals surface area (Å²) >= 11 is 0. The predicted molar refractivity (Wildman–Crippen MR) is 68.3 cm³/mol. The van der Waals surface area contributed by atoms with Crippen molar-refractivity contribution in [3.63, 3.8) is 0 Å². The van der Waals surface area contributed by atoms with Crippen LogP contribution in [0, 0.1) is 5.92 Å². The average Bonchev–Trinajstić information content (AvgIpc) is 2.30. The second-order valence-corrected chi connectivity index (χ2v) is 4.12. The average molecular weight is 253 g/mol. The van der Waals surface area contributed by atoms with E-state index in [1.807, 2.05) is 6.07 Å². The lowest BCUT2D eigenvalue weighted by Crippen LogP contribution is -2.18. The molecule has 3 N–H and O–H groups in total. The highest BCUT2D eigenvalue weighted by molar-refractivity contribution is 6.27. The summed E-state index contributed by atoms with van der Waals surface area (Å²) in [4.78, 5) is 18.2. The third-order valence-electron chi connectivity index (χ3n) is 1.91. The maximum Gasteiger partial charge on any atom is 0.414 e. The van der Waals surface area contributed by atoms with Crippen molar-refractivity contribution in [2.24, 2.45) is 5.92 Å². The van der Waals surface area contributed by atoms with Crippen molar-refractivity contribution in [3.05, 3.63) is 35.9 Å². The topological polar surface area (TPSA) is 86.6 Å². The zero-order chi connectivity index (χ0) is 14.0. The van der Waals surface area contributed by atoms with Gasteiger partial charge in [-0.15, -0.1) is 0 Å². The Morgan fingerprint density at radius 1 is 1.11 bits per heavy atom. The van der Waals surface area contributed by atoms with Crippen LogP contribution in [-0.4, -0.2) is 28.7 Å². The number of carboxylic acid groups (broad SMARTS) is 2. The van der Waals surface area contributed by atoms with Crippen LogP contribution in [0.1, 0.15) is 19.4 Å². The Hall–Kier alpha value is -1.88. The van der Waals surface area contributed by atoms with Crippen LogP contribution in [0.5, 0.6) is 0 Å². The van der Waals surface area contributed by atoms with Crippen LogP contribution in [0.2, 0.25) is 0 Å². The van der Waals surface area contributed by atoms with E-state index in [2.05, 4.69) is 43.4 Å². The maximum atomic E-state index is 9.10. The summed E-state index contributed by atoms with van der Waals surface area (Å²) in [6.07, 6.45) is 0. The minimum atomic E-state index is -1.82. The molecule has 0 unspecified atom stereocenters. The van der Waals surface area contributed by atoms with Crippen molar-refractivity contribution in [1.29, 1.82) is 0 Å². The summed E-state index contributed by atoms with van der Waals surface area (Å²) in [5.74, 6) is -2.92. The lowest BCUT2D eigenvalue weighted by atomic mass is 10.2. The highest BCUT2D eigenvalue weighted by Crippen LogP contribution is 1.97. The third kappa shape index (κ3) is 9.35. The number of hydrogen-bond donors (Lipinski definition) is 3. The first kappa shape index (κ1) is 16.1. The predicted octanol–water partition coefficient (Wildman–Crippen LogP) is 1.59. The molecule has 0 aromatic heterocycles. The van der Waals surface area contributed by atoms with Gasteiger partial charge in [0.1, 0.15) is 0 Å². The first-order valence-electron chi connectivity index (χ1n) is 5.64. The lowest BCUT2D eigenvalue weighted by molar-refractivity contribution is -0.159. The quantitative estimate of drug-likeness (QED) is 0.709. The van der Waals surface area contributed by atoms with Gasteiger partial charge < -0.3 is 15.5 Å². The van der Waals surface area contributed by atoms with Crippen LogP contribution in [0.4, 0.5) is 0 Å². The van der Waals surface area contributed by atoms with Gasteiger partial charge in [-0.25, -0.2) is 9.59 Å². The molecule has 0 aliphatic heterocycles. The van der Waals surface area contributed by atoms with E-state index in [1.165, 1.54) is 5.56 Å². The zero-order valence-corrected chi connectivity index (χ0v) is 10.6. The van der Waals surface area contributed by atoms with E-state index in [1.54, 1.807) is 0 Å². The highest BCUT2D eigenvalue weighted by Gasteiger charge is 2.04. The van der Waals surface area contributed by atoms with Crippen LogP contribution in [-0.2, 0) is 16.1 Å². The molecule has 0 fully saturated rings. The molecular weight excluding hydrogens is 234 g/mol. The van der Waals surface area contributed by atoms with Crippen LogP contribution < -0.4 is 5.32 Å². The van der Waals surface area contributed by atoms with Crippen LogP contribution in [0.3, 0.4) is 0 Å². The molecule has 100 valence electrons. The molecule has 0 bridgehead atoms. The molecule has 0 saturated heterocycles. The van der Waals surface area contributed by atoms with Crippen molar-refractivity contribution >= 4 is 11.9 Å². The largest absolute Gasteiger partial charge is 0.473 e. The Morgan fingerprint density at radius 2 is 1.61 bits per heavy atom. The summed E-state index contributed by atoms with van der Waals surface area (Å²) in [5.41, 5.74) is 1.36. The summed E-state index contributed by atoms with van der Waals surface area (Å²) in [7, 11) is 0. The Bertz CT molecular complexity index is 351. The summed E-state index contributed by atoms with van der Waals surface area (Å²) in [5, 5.41) is 18.2. The van der Waals surface area contributed by atoms with E-state index in [0.29, 0.717) is 0 Å². The molecule has 5 nitrogen and oxygen atoms in total. The molecule has 5 heteroatoms. The van der Waals surface area contributed by atoms with Gasteiger partial charge >= 0.3 is 11.9 Å². The van der Waals surface area contributed by atoms with Gasteiger partial charge in [-0.2, -0.15) is 0 Å². The van der Waals surface area contributed by atoms with E-state index in [4.69, 9.17) is 19.8 Å². The molecule has 18 heavy (non-hydrogen) atoms. The minimum Gasteiger partial charge on any atom is -0.473 e. The molecule has 1 aromatic rings. The summed E-state index contributed by atoms with van der Waals surface area (Å²) < 4.78 is 0. The molecule has 0 amide bonds. The number of hydrogen-bond acceptors (Lipinski definition) is 3. The fourth-order valence-electron chi connectivity index (χ4n) is 1.10. The van der Waals surface area contributed by atoms with Crippen LogP contribution >= 0.6 is 0 Å². The standard InChI is InChI=1S/C11H17N.C2H2O4/c1-10(2)8-12-9-11-6-4-3-5-7-11;3-1(4)2(5)6/h3-7,10,12H,8-9H2,1-2H3;(H,3,4)(H,5,6). The smallest absolute Gasteiger partial charge is 0.414 e. The van der Waals surface area contributed by atoms with E-state index in [-0.39, 0.29) is 0 Å². The molecule has 0 saturated carbocycles. The Kier molecular flexibility index (Phi) is 8.22. The first-order valence-corrected chi connectivity index (χ1v) is 5.64. The van der Waals surface area contributed by atoms with Crippen LogP contribution in [0.15, 0.2) is 30.3 Å². The van der Waals surface area contributed by atoms with Gasteiger partial charge in [-0.1, -0.05) is 44.2 Å². The van der Waals surface area contributed by atoms with Crippen molar-refractivity contribution < 1.29 is 19.8 Å². The van der Waals surface area contributed by atoms with Gasteiger partial charge in [0.05, 0.1) is 0 Å². The number of rotatable bonds is 4. The van der Waals surface area contributed by atoms with Crippen LogP contribution in [0.25, 0.3) is 0 Å². The summed E-state index contributed by atoms with van der Waals surface area (Å²) in [6, 6.07) is 10.5. The van der Waals surface area contributed by atoms with Gasteiger partial charge in [-0.05, 0) is 18.0 Å².